The minimum atomic E-state index is -4.52. The number of rotatable bonds is 8. The summed E-state index contributed by atoms with van der Waals surface area (Å²) >= 11 is 0. The number of allylic oxidation sites excluding steroid dienone is 1. The van der Waals surface area contributed by atoms with Gasteiger partial charge in [-0.05, 0) is 42.8 Å². The maximum atomic E-state index is 12.9. The topological polar surface area (TPSA) is 65.1 Å². The van der Waals surface area contributed by atoms with Crippen molar-refractivity contribution in [2.75, 3.05) is 39.5 Å². The van der Waals surface area contributed by atoms with Gasteiger partial charge in [-0.3, -0.25) is 9.59 Å². The van der Waals surface area contributed by atoms with Crippen molar-refractivity contribution in [2.24, 2.45) is 0 Å². The number of hydrogen-bond donors (Lipinski definition) is 0. The van der Waals surface area contributed by atoms with E-state index in [1.54, 1.807) is 30.0 Å². The number of benzene rings is 2. The van der Waals surface area contributed by atoms with Crippen LogP contribution in [0.3, 0.4) is 0 Å². The maximum Gasteiger partial charge on any atom is 0.416 e. The Balaban J connectivity index is 1.68. The Hall–Kier alpha value is -3.33. The van der Waals surface area contributed by atoms with Gasteiger partial charge in [0.2, 0.25) is 0 Å². The molecule has 2 aromatic rings. The van der Waals surface area contributed by atoms with Crippen molar-refractivity contribution < 1.29 is 37.0 Å². The van der Waals surface area contributed by atoms with Gasteiger partial charge in [-0.1, -0.05) is 24.3 Å². The molecule has 3 rings (SSSR count). The Morgan fingerprint density at radius 1 is 1.06 bits per heavy atom. The number of morpholine rings is 1. The standard InChI is InChI=1S/C24H24F3NO5/c1-2-32-22-14-17(6-8-20(29)18-4-3-5-19(15-18)24(25,26)27)7-9-21(22)33-16-23(30)28-10-12-31-13-11-28/h3-9,14-15H,2,10-13,16H2,1H3. The van der Waals surface area contributed by atoms with E-state index in [1.165, 1.54) is 24.3 Å². The summed E-state index contributed by atoms with van der Waals surface area (Å²) in [6.07, 6.45) is -1.85. The monoisotopic (exact) mass is 463 g/mol. The number of amides is 1. The highest BCUT2D eigenvalue weighted by molar-refractivity contribution is 6.06. The first-order valence-corrected chi connectivity index (χ1v) is 10.4. The molecule has 1 aliphatic heterocycles. The van der Waals surface area contributed by atoms with Gasteiger partial charge < -0.3 is 19.1 Å². The van der Waals surface area contributed by atoms with Crippen LogP contribution in [-0.2, 0) is 15.7 Å². The number of ether oxygens (including phenoxy) is 3. The Labute approximate surface area is 189 Å². The summed E-state index contributed by atoms with van der Waals surface area (Å²) in [5.41, 5.74) is -0.355. The van der Waals surface area contributed by atoms with Gasteiger partial charge >= 0.3 is 6.18 Å². The minimum absolute atomic E-state index is 0.0623. The molecule has 1 amide bonds. The molecule has 0 aliphatic carbocycles. The first-order chi connectivity index (χ1) is 15.8. The van der Waals surface area contributed by atoms with Crippen LogP contribution >= 0.6 is 0 Å². The number of nitrogens with zero attached hydrogens (tertiary/aromatic N) is 1. The van der Waals surface area contributed by atoms with Gasteiger partial charge in [0.05, 0.1) is 25.4 Å². The van der Waals surface area contributed by atoms with E-state index in [2.05, 4.69) is 0 Å². The Bertz CT molecular complexity index is 1010. The highest BCUT2D eigenvalue weighted by Crippen LogP contribution is 2.31. The van der Waals surface area contributed by atoms with Crippen LogP contribution in [0.1, 0.15) is 28.4 Å². The molecule has 33 heavy (non-hydrogen) atoms. The van der Waals surface area contributed by atoms with E-state index >= 15 is 0 Å². The smallest absolute Gasteiger partial charge is 0.416 e. The maximum absolute atomic E-state index is 12.9. The lowest BCUT2D eigenvalue weighted by Crippen LogP contribution is -2.43. The number of hydrogen-bond acceptors (Lipinski definition) is 5. The average molecular weight is 463 g/mol. The molecule has 1 fully saturated rings. The molecule has 9 heteroatoms. The fourth-order valence-electron chi connectivity index (χ4n) is 3.18. The van der Waals surface area contributed by atoms with Crippen LogP contribution in [0.5, 0.6) is 11.5 Å². The molecule has 0 radical (unpaired) electrons. The molecule has 0 unspecified atom stereocenters. The molecule has 0 bridgehead atoms. The SMILES string of the molecule is CCOc1cc(C=CC(=O)c2cccc(C(F)(F)F)c2)ccc1OCC(=O)N1CCOCC1. The first-order valence-electron chi connectivity index (χ1n) is 10.4. The van der Waals surface area contributed by atoms with E-state index in [0.29, 0.717) is 50.0 Å². The molecule has 176 valence electrons. The second-order valence-corrected chi connectivity index (χ2v) is 7.20. The van der Waals surface area contributed by atoms with Crippen molar-refractivity contribution in [3.63, 3.8) is 0 Å². The van der Waals surface area contributed by atoms with E-state index in [4.69, 9.17) is 14.2 Å². The summed E-state index contributed by atoms with van der Waals surface area (Å²) in [7, 11) is 0. The second-order valence-electron chi connectivity index (χ2n) is 7.20. The minimum Gasteiger partial charge on any atom is -0.490 e. The number of carbonyl (C=O) groups excluding carboxylic acids is 2. The average Bonchev–Trinajstić information content (AvgIpc) is 2.82. The Kier molecular flexibility index (Phi) is 8.11. The van der Waals surface area contributed by atoms with Crippen molar-refractivity contribution in [3.05, 3.63) is 65.2 Å². The van der Waals surface area contributed by atoms with E-state index in [1.807, 2.05) is 0 Å². The number of ketones is 1. The molecular formula is C24H24F3NO5. The second kappa shape index (κ2) is 11.0. The van der Waals surface area contributed by atoms with E-state index in [0.717, 1.165) is 12.1 Å². The predicted octanol–water partition coefficient (Wildman–Crippen LogP) is 4.24. The fraction of sp³-hybridized carbons (Fsp3) is 0.333. The van der Waals surface area contributed by atoms with Gasteiger partial charge in [0.1, 0.15) is 0 Å². The van der Waals surface area contributed by atoms with E-state index < -0.39 is 17.5 Å². The zero-order valence-electron chi connectivity index (χ0n) is 18.1. The third-order valence-corrected chi connectivity index (χ3v) is 4.88. The molecule has 6 nitrogen and oxygen atoms in total. The zero-order valence-corrected chi connectivity index (χ0v) is 18.1. The number of alkyl halides is 3. The lowest BCUT2D eigenvalue weighted by Gasteiger charge is -2.26. The van der Waals surface area contributed by atoms with E-state index in [-0.39, 0.29) is 18.1 Å². The molecule has 0 N–H and O–H groups in total. The Morgan fingerprint density at radius 3 is 2.52 bits per heavy atom. The molecule has 1 heterocycles. The summed E-state index contributed by atoms with van der Waals surface area (Å²) in [6, 6.07) is 9.17. The van der Waals surface area contributed by atoms with Crippen LogP contribution in [-0.4, -0.2) is 56.1 Å². The van der Waals surface area contributed by atoms with Gasteiger partial charge in [-0.15, -0.1) is 0 Å². The molecule has 0 aromatic heterocycles. The van der Waals surface area contributed by atoms with Crippen LogP contribution in [0.25, 0.3) is 6.08 Å². The van der Waals surface area contributed by atoms with Crippen LogP contribution in [0.2, 0.25) is 0 Å². The molecule has 0 spiro atoms. The quantitative estimate of drug-likeness (QED) is 0.433. The van der Waals surface area contributed by atoms with Gasteiger partial charge in [-0.2, -0.15) is 13.2 Å². The molecule has 2 aromatic carbocycles. The molecule has 0 atom stereocenters. The highest BCUT2D eigenvalue weighted by Gasteiger charge is 2.30. The van der Waals surface area contributed by atoms with Crippen LogP contribution < -0.4 is 9.47 Å². The van der Waals surface area contributed by atoms with Crippen molar-refractivity contribution in [2.45, 2.75) is 13.1 Å². The lowest BCUT2D eigenvalue weighted by molar-refractivity contribution is -0.138. The lowest BCUT2D eigenvalue weighted by atomic mass is 10.1. The van der Waals surface area contributed by atoms with Gasteiger partial charge in [-0.25, -0.2) is 0 Å². The van der Waals surface area contributed by atoms with Gasteiger partial charge in [0, 0.05) is 18.7 Å². The fourth-order valence-corrected chi connectivity index (χ4v) is 3.18. The third kappa shape index (κ3) is 6.82. The molecule has 0 saturated carbocycles. The van der Waals surface area contributed by atoms with Crippen molar-refractivity contribution in [1.29, 1.82) is 0 Å². The summed E-state index contributed by atoms with van der Waals surface area (Å²) in [4.78, 5) is 26.3. The molecular weight excluding hydrogens is 439 g/mol. The van der Waals surface area contributed by atoms with Crippen LogP contribution in [0, 0.1) is 0 Å². The van der Waals surface area contributed by atoms with Crippen molar-refractivity contribution in [3.8, 4) is 11.5 Å². The number of halogens is 3. The van der Waals surface area contributed by atoms with Crippen LogP contribution in [0.4, 0.5) is 13.2 Å². The normalized spacial score (nSPS) is 14.4. The predicted molar refractivity (Wildman–Crippen MR) is 115 cm³/mol. The first kappa shape index (κ1) is 24.3. The molecule has 1 aliphatic rings. The summed E-state index contributed by atoms with van der Waals surface area (Å²) in [5.74, 6) is 0.0488. The van der Waals surface area contributed by atoms with Gasteiger partial charge in [0.25, 0.3) is 5.91 Å². The summed E-state index contributed by atoms with van der Waals surface area (Å²) in [6.45, 7) is 4.02. The summed E-state index contributed by atoms with van der Waals surface area (Å²) in [5, 5.41) is 0. The molecule has 1 saturated heterocycles. The third-order valence-electron chi connectivity index (χ3n) is 4.88. The summed E-state index contributed by atoms with van der Waals surface area (Å²) < 4.78 is 55.1. The highest BCUT2D eigenvalue weighted by atomic mass is 19.4. The van der Waals surface area contributed by atoms with Crippen molar-refractivity contribution in [1.82, 2.24) is 4.90 Å². The number of carbonyl (C=O) groups is 2. The van der Waals surface area contributed by atoms with E-state index in [9.17, 15) is 22.8 Å². The van der Waals surface area contributed by atoms with Crippen molar-refractivity contribution >= 4 is 17.8 Å². The van der Waals surface area contributed by atoms with Crippen LogP contribution in [0.15, 0.2) is 48.5 Å². The Morgan fingerprint density at radius 2 is 1.82 bits per heavy atom. The largest absolute Gasteiger partial charge is 0.490 e. The zero-order chi connectivity index (χ0) is 23.8. The van der Waals surface area contributed by atoms with Gasteiger partial charge in [0.15, 0.2) is 23.9 Å².